The molecule has 1 rings (SSSR count). The highest BCUT2D eigenvalue weighted by Gasteiger charge is 2.05. The summed E-state index contributed by atoms with van der Waals surface area (Å²) in [5, 5.41) is 3.51. The Balaban J connectivity index is 2.25. The van der Waals surface area contributed by atoms with Crippen molar-refractivity contribution < 1.29 is 14.2 Å². The van der Waals surface area contributed by atoms with Gasteiger partial charge in [0.05, 0.1) is 13.7 Å². The van der Waals surface area contributed by atoms with Crippen molar-refractivity contribution in [3.63, 3.8) is 0 Å². The van der Waals surface area contributed by atoms with Crippen LogP contribution in [0.5, 0.6) is 11.5 Å². The SMILES string of the molecule is CCCCCCCCNCc1ccc(OCCOCC)c(OC)c1. The molecule has 0 atom stereocenters. The molecule has 0 saturated carbocycles. The average Bonchev–Trinajstić information content (AvgIpc) is 2.61. The summed E-state index contributed by atoms with van der Waals surface area (Å²) in [6.45, 7) is 8.02. The van der Waals surface area contributed by atoms with Gasteiger partial charge in [0, 0.05) is 13.2 Å². The highest BCUT2D eigenvalue weighted by atomic mass is 16.5. The zero-order valence-electron chi connectivity index (χ0n) is 15.7. The van der Waals surface area contributed by atoms with Crippen LogP contribution >= 0.6 is 0 Å². The Labute approximate surface area is 147 Å². The zero-order chi connectivity index (χ0) is 17.5. The topological polar surface area (TPSA) is 39.7 Å². The molecule has 24 heavy (non-hydrogen) atoms. The van der Waals surface area contributed by atoms with Crippen LogP contribution in [0.1, 0.15) is 57.9 Å². The third-order valence-electron chi connectivity index (χ3n) is 3.95. The van der Waals surface area contributed by atoms with Gasteiger partial charge in [-0.2, -0.15) is 0 Å². The Morgan fingerprint density at radius 3 is 2.46 bits per heavy atom. The molecule has 4 heteroatoms. The zero-order valence-corrected chi connectivity index (χ0v) is 15.7. The lowest BCUT2D eigenvalue weighted by Gasteiger charge is -2.12. The van der Waals surface area contributed by atoms with Gasteiger partial charge in [0.1, 0.15) is 6.61 Å². The molecule has 138 valence electrons. The lowest BCUT2D eigenvalue weighted by Crippen LogP contribution is -2.14. The molecule has 0 bridgehead atoms. The maximum atomic E-state index is 5.70. The van der Waals surface area contributed by atoms with E-state index in [0.717, 1.165) is 24.6 Å². The molecule has 0 spiro atoms. The summed E-state index contributed by atoms with van der Waals surface area (Å²) in [6, 6.07) is 6.11. The molecular weight excluding hydrogens is 302 g/mol. The van der Waals surface area contributed by atoms with Crippen molar-refractivity contribution in [3.8, 4) is 11.5 Å². The Kier molecular flexibility index (Phi) is 12.2. The van der Waals surface area contributed by atoms with Gasteiger partial charge >= 0.3 is 0 Å². The van der Waals surface area contributed by atoms with Crippen LogP contribution in [0.4, 0.5) is 0 Å². The molecule has 0 saturated heterocycles. The molecular formula is C20H35NO3. The monoisotopic (exact) mass is 337 g/mol. The van der Waals surface area contributed by atoms with Gasteiger partial charge in [-0.25, -0.2) is 0 Å². The van der Waals surface area contributed by atoms with E-state index in [9.17, 15) is 0 Å². The van der Waals surface area contributed by atoms with Gasteiger partial charge in [-0.05, 0) is 37.6 Å². The van der Waals surface area contributed by atoms with Crippen LogP contribution < -0.4 is 14.8 Å². The largest absolute Gasteiger partial charge is 0.493 e. The first-order valence-electron chi connectivity index (χ1n) is 9.40. The highest BCUT2D eigenvalue weighted by molar-refractivity contribution is 5.42. The second-order valence-electron chi connectivity index (χ2n) is 5.98. The molecule has 1 aromatic carbocycles. The molecule has 4 nitrogen and oxygen atoms in total. The quantitative estimate of drug-likeness (QED) is 0.476. The predicted molar refractivity (Wildman–Crippen MR) is 100 cm³/mol. The molecule has 0 amide bonds. The fourth-order valence-corrected chi connectivity index (χ4v) is 2.56. The first-order valence-corrected chi connectivity index (χ1v) is 9.40. The highest BCUT2D eigenvalue weighted by Crippen LogP contribution is 2.28. The number of ether oxygens (including phenoxy) is 3. The third kappa shape index (κ3) is 9.14. The maximum Gasteiger partial charge on any atom is 0.161 e. The van der Waals surface area contributed by atoms with Crippen molar-refractivity contribution >= 4 is 0 Å². The Hall–Kier alpha value is -1.26. The lowest BCUT2D eigenvalue weighted by molar-refractivity contribution is 0.109. The summed E-state index contributed by atoms with van der Waals surface area (Å²) in [5.41, 5.74) is 1.22. The minimum absolute atomic E-state index is 0.541. The van der Waals surface area contributed by atoms with E-state index in [1.165, 1.54) is 44.1 Å². The van der Waals surface area contributed by atoms with Crippen LogP contribution in [-0.2, 0) is 11.3 Å². The van der Waals surface area contributed by atoms with Crippen molar-refractivity contribution in [2.24, 2.45) is 0 Å². The standard InChI is InChI=1S/C20H35NO3/c1-4-6-7-8-9-10-13-21-17-18-11-12-19(20(16-18)22-3)24-15-14-23-5-2/h11-12,16,21H,4-10,13-15,17H2,1-3H3. The molecule has 0 aromatic heterocycles. The summed E-state index contributed by atoms with van der Waals surface area (Å²) < 4.78 is 16.4. The number of methoxy groups -OCH3 is 1. The summed E-state index contributed by atoms with van der Waals surface area (Å²) in [7, 11) is 1.68. The molecule has 0 unspecified atom stereocenters. The van der Waals surface area contributed by atoms with E-state index in [1.807, 2.05) is 19.1 Å². The van der Waals surface area contributed by atoms with Crippen LogP contribution in [0.3, 0.4) is 0 Å². The van der Waals surface area contributed by atoms with E-state index in [1.54, 1.807) is 7.11 Å². The minimum Gasteiger partial charge on any atom is -0.493 e. The Morgan fingerprint density at radius 2 is 1.71 bits per heavy atom. The molecule has 0 aliphatic carbocycles. The maximum absolute atomic E-state index is 5.70. The molecule has 0 heterocycles. The number of benzene rings is 1. The molecule has 1 N–H and O–H groups in total. The fraction of sp³-hybridized carbons (Fsp3) is 0.700. The van der Waals surface area contributed by atoms with Gasteiger partial charge in [-0.3, -0.25) is 0 Å². The second kappa shape index (κ2) is 14.1. The molecule has 1 aromatic rings. The van der Waals surface area contributed by atoms with E-state index in [0.29, 0.717) is 19.8 Å². The molecule has 0 aliphatic heterocycles. The van der Waals surface area contributed by atoms with Gasteiger partial charge in [0.25, 0.3) is 0 Å². The van der Waals surface area contributed by atoms with E-state index < -0.39 is 0 Å². The van der Waals surface area contributed by atoms with Gasteiger partial charge in [0.2, 0.25) is 0 Å². The van der Waals surface area contributed by atoms with Gasteiger partial charge in [-0.1, -0.05) is 45.1 Å². The van der Waals surface area contributed by atoms with Gasteiger partial charge in [0.15, 0.2) is 11.5 Å². The third-order valence-corrected chi connectivity index (χ3v) is 3.95. The fourth-order valence-electron chi connectivity index (χ4n) is 2.56. The van der Waals surface area contributed by atoms with Crippen molar-refractivity contribution in [1.82, 2.24) is 5.32 Å². The molecule has 0 radical (unpaired) electrons. The molecule has 0 fully saturated rings. The van der Waals surface area contributed by atoms with Crippen LogP contribution in [0, 0.1) is 0 Å². The van der Waals surface area contributed by atoms with E-state index in [4.69, 9.17) is 14.2 Å². The smallest absolute Gasteiger partial charge is 0.161 e. The van der Waals surface area contributed by atoms with Crippen molar-refractivity contribution in [2.45, 2.75) is 58.9 Å². The number of hydrogen-bond donors (Lipinski definition) is 1. The van der Waals surface area contributed by atoms with E-state index >= 15 is 0 Å². The number of nitrogens with one attached hydrogen (secondary N) is 1. The minimum atomic E-state index is 0.541. The van der Waals surface area contributed by atoms with Crippen molar-refractivity contribution in [1.29, 1.82) is 0 Å². The van der Waals surface area contributed by atoms with Crippen LogP contribution in [0.15, 0.2) is 18.2 Å². The van der Waals surface area contributed by atoms with Crippen LogP contribution in [0.2, 0.25) is 0 Å². The normalized spacial score (nSPS) is 10.8. The van der Waals surface area contributed by atoms with Gasteiger partial charge < -0.3 is 19.5 Å². The van der Waals surface area contributed by atoms with Crippen LogP contribution in [-0.4, -0.2) is 33.5 Å². The molecule has 0 aliphatic rings. The van der Waals surface area contributed by atoms with E-state index in [2.05, 4.69) is 18.3 Å². The number of unbranched alkanes of at least 4 members (excludes halogenated alkanes) is 5. The first-order chi connectivity index (χ1) is 11.8. The Bertz CT molecular complexity index is 423. The Morgan fingerprint density at radius 1 is 0.917 bits per heavy atom. The van der Waals surface area contributed by atoms with E-state index in [-0.39, 0.29) is 0 Å². The predicted octanol–water partition coefficient (Wildman–Crippen LogP) is 4.56. The number of hydrogen-bond acceptors (Lipinski definition) is 4. The van der Waals surface area contributed by atoms with Gasteiger partial charge in [-0.15, -0.1) is 0 Å². The second-order valence-corrected chi connectivity index (χ2v) is 5.98. The number of rotatable bonds is 15. The van der Waals surface area contributed by atoms with Crippen LogP contribution in [0.25, 0.3) is 0 Å². The summed E-state index contributed by atoms with van der Waals surface area (Å²) >= 11 is 0. The first kappa shape index (κ1) is 20.8. The summed E-state index contributed by atoms with van der Waals surface area (Å²) in [4.78, 5) is 0. The van der Waals surface area contributed by atoms with Crippen molar-refractivity contribution in [2.75, 3.05) is 33.5 Å². The summed E-state index contributed by atoms with van der Waals surface area (Å²) in [6.07, 6.45) is 7.98. The van der Waals surface area contributed by atoms with Crippen molar-refractivity contribution in [3.05, 3.63) is 23.8 Å². The lowest BCUT2D eigenvalue weighted by atomic mass is 10.1. The average molecular weight is 338 g/mol. The summed E-state index contributed by atoms with van der Waals surface area (Å²) in [5.74, 6) is 1.56.